The lowest BCUT2D eigenvalue weighted by molar-refractivity contribution is -0.0136. The van der Waals surface area contributed by atoms with Gasteiger partial charge in [0.1, 0.15) is 0 Å². The molecule has 0 aromatic carbocycles. The second-order valence-electron chi connectivity index (χ2n) is 12.3. The van der Waals surface area contributed by atoms with Gasteiger partial charge in [-0.3, -0.25) is 0 Å². The van der Waals surface area contributed by atoms with E-state index in [0.717, 1.165) is 19.6 Å². The molecule has 0 aromatic rings. The largest absolute Gasteiger partial charge is 0.379 e. The van der Waals surface area contributed by atoms with Gasteiger partial charge < -0.3 is 15.2 Å². The van der Waals surface area contributed by atoms with Crippen molar-refractivity contribution in [2.24, 2.45) is 5.73 Å². The van der Waals surface area contributed by atoms with Crippen LogP contribution in [-0.4, -0.2) is 32.5 Å². The van der Waals surface area contributed by atoms with Crippen LogP contribution in [0.5, 0.6) is 0 Å². The molecule has 0 heterocycles. The Morgan fingerprint density at radius 1 is 0.450 bits per heavy atom. The van der Waals surface area contributed by atoms with Crippen molar-refractivity contribution in [3.63, 3.8) is 0 Å². The van der Waals surface area contributed by atoms with Gasteiger partial charge in [0.05, 0.1) is 12.7 Å². The molecule has 0 bridgehead atoms. The fourth-order valence-electron chi connectivity index (χ4n) is 5.40. The summed E-state index contributed by atoms with van der Waals surface area (Å²) in [6.45, 7) is 7.47. The van der Waals surface area contributed by atoms with Crippen molar-refractivity contribution < 1.29 is 9.47 Å². The predicted octanol–water partition coefficient (Wildman–Crippen LogP) is 11.9. The van der Waals surface area contributed by atoms with E-state index in [2.05, 4.69) is 26.0 Å². The number of ether oxygens (including phenoxy) is 2. The van der Waals surface area contributed by atoms with Crippen LogP contribution in [0.2, 0.25) is 0 Å². The monoisotopic (exact) mass is 566 g/mol. The molecule has 40 heavy (non-hydrogen) atoms. The minimum Gasteiger partial charge on any atom is -0.379 e. The Bertz CT molecular complexity index is 467. The standard InChI is InChI=1S/C37H75NO2/c1-3-5-7-9-11-13-15-17-19-20-22-24-26-28-30-32-34-40-37(35-38)36-39-33-31-29-27-25-23-21-18-16-14-12-10-8-6-4-2/h17,19,37H,3-16,18,20-36,38H2,1-2H3. The average Bonchev–Trinajstić information content (AvgIpc) is 2.97. The Labute approximate surface area is 253 Å². The molecule has 0 amide bonds. The van der Waals surface area contributed by atoms with Crippen LogP contribution in [0, 0.1) is 0 Å². The number of rotatable bonds is 35. The fourth-order valence-corrected chi connectivity index (χ4v) is 5.40. The second kappa shape index (κ2) is 36.6. The summed E-state index contributed by atoms with van der Waals surface area (Å²) in [7, 11) is 0. The summed E-state index contributed by atoms with van der Waals surface area (Å²) in [5.74, 6) is 0. The van der Waals surface area contributed by atoms with Crippen LogP contribution in [0.4, 0.5) is 0 Å². The van der Waals surface area contributed by atoms with Crippen molar-refractivity contribution in [1.29, 1.82) is 0 Å². The molecule has 3 nitrogen and oxygen atoms in total. The van der Waals surface area contributed by atoms with Crippen LogP contribution in [0.3, 0.4) is 0 Å². The maximum absolute atomic E-state index is 5.98. The number of hydrogen-bond acceptors (Lipinski definition) is 3. The molecule has 0 spiro atoms. The third-order valence-corrected chi connectivity index (χ3v) is 8.22. The normalized spacial score (nSPS) is 12.6. The van der Waals surface area contributed by atoms with Crippen LogP contribution in [0.15, 0.2) is 12.2 Å². The molecular formula is C37H75NO2. The molecule has 0 radical (unpaired) electrons. The number of hydrogen-bond donors (Lipinski definition) is 1. The summed E-state index contributed by atoms with van der Waals surface area (Å²) in [5, 5.41) is 0. The Morgan fingerprint density at radius 3 is 1.20 bits per heavy atom. The van der Waals surface area contributed by atoms with Crippen molar-refractivity contribution in [3.05, 3.63) is 12.2 Å². The Kier molecular flexibility index (Phi) is 36.3. The van der Waals surface area contributed by atoms with Gasteiger partial charge in [-0.2, -0.15) is 0 Å². The van der Waals surface area contributed by atoms with E-state index >= 15 is 0 Å². The first-order valence-electron chi connectivity index (χ1n) is 18.4. The van der Waals surface area contributed by atoms with Gasteiger partial charge in [-0.1, -0.05) is 167 Å². The SMILES string of the molecule is CCCCCCCCC=CCCCCCCCCOC(CN)COCCCCCCCCCCCCCCCC. The molecule has 1 atom stereocenters. The van der Waals surface area contributed by atoms with Crippen LogP contribution in [-0.2, 0) is 9.47 Å². The highest BCUT2D eigenvalue weighted by Crippen LogP contribution is 2.13. The zero-order valence-corrected chi connectivity index (χ0v) is 27.8. The minimum absolute atomic E-state index is 0.0646. The van der Waals surface area contributed by atoms with Crippen molar-refractivity contribution in [2.75, 3.05) is 26.4 Å². The third-order valence-electron chi connectivity index (χ3n) is 8.22. The maximum atomic E-state index is 5.98. The van der Waals surface area contributed by atoms with Crippen molar-refractivity contribution in [1.82, 2.24) is 0 Å². The second-order valence-corrected chi connectivity index (χ2v) is 12.3. The number of allylic oxidation sites excluding steroid dienone is 2. The Hall–Kier alpha value is -0.380. The van der Waals surface area contributed by atoms with E-state index < -0.39 is 0 Å². The van der Waals surface area contributed by atoms with Gasteiger partial charge in [0.25, 0.3) is 0 Å². The zero-order valence-electron chi connectivity index (χ0n) is 27.8. The summed E-state index contributed by atoms with van der Waals surface area (Å²) in [6.07, 6.45) is 43.1. The van der Waals surface area contributed by atoms with Gasteiger partial charge in [-0.15, -0.1) is 0 Å². The van der Waals surface area contributed by atoms with Gasteiger partial charge >= 0.3 is 0 Å². The molecule has 0 saturated carbocycles. The molecule has 0 saturated heterocycles. The first kappa shape index (κ1) is 39.6. The van der Waals surface area contributed by atoms with Crippen molar-refractivity contribution >= 4 is 0 Å². The van der Waals surface area contributed by atoms with Gasteiger partial charge in [-0.05, 0) is 38.5 Å². The lowest BCUT2D eigenvalue weighted by Crippen LogP contribution is -2.29. The predicted molar refractivity (Wildman–Crippen MR) is 179 cm³/mol. The minimum atomic E-state index is 0.0646. The summed E-state index contributed by atoms with van der Waals surface area (Å²) >= 11 is 0. The van der Waals surface area contributed by atoms with Crippen LogP contribution < -0.4 is 5.73 Å². The lowest BCUT2D eigenvalue weighted by atomic mass is 10.0. The number of unbranched alkanes of at least 4 members (excludes halogenated alkanes) is 25. The van der Waals surface area contributed by atoms with Crippen LogP contribution in [0.25, 0.3) is 0 Å². The molecule has 0 fully saturated rings. The van der Waals surface area contributed by atoms with Gasteiger partial charge in [0, 0.05) is 19.8 Å². The molecule has 1 unspecified atom stereocenters. The fraction of sp³-hybridized carbons (Fsp3) is 0.946. The van der Waals surface area contributed by atoms with E-state index in [4.69, 9.17) is 15.2 Å². The molecule has 0 aliphatic carbocycles. The molecule has 0 aliphatic heterocycles. The van der Waals surface area contributed by atoms with E-state index in [1.54, 1.807) is 0 Å². The topological polar surface area (TPSA) is 44.5 Å². The lowest BCUT2D eigenvalue weighted by Gasteiger charge is -2.16. The van der Waals surface area contributed by atoms with Crippen molar-refractivity contribution in [3.8, 4) is 0 Å². The zero-order chi connectivity index (χ0) is 29.0. The van der Waals surface area contributed by atoms with Gasteiger partial charge in [0.2, 0.25) is 0 Å². The van der Waals surface area contributed by atoms with Gasteiger partial charge in [0.15, 0.2) is 0 Å². The summed E-state index contributed by atoms with van der Waals surface area (Å²) < 4.78 is 11.8. The highest BCUT2D eigenvalue weighted by Gasteiger charge is 2.07. The van der Waals surface area contributed by atoms with Crippen LogP contribution in [0.1, 0.15) is 194 Å². The highest BCUT2D eigenvalue weighted by molar-refractivity contribution is 4.81. The Balaban J connectivity index is 3.29. The first-order chi connectivity index (χ1) is 19.8. The molecule has 0 aliphatic rings. The van der Waals surface area contributed by atoms with E-state index in [0.29, 0.717) is 13.2 Å². The van der Waals surface area contributed by atoms with E-state index in [-0.39, 0.29) is 6.10 Å². The molecule has 2 N–H and O–H groups in total. The molecule has 0 rings (SSSR count). The maximum Gasteiger partial charge on any atom is 0.0930 e. The van der Waals surface area contributed by atoms with Crippen molar-refractivity contribution in [2.45, 2.75) is 200 Å². The van der Waals surface area contributed by atoms with E-state index in [9.17, 15) is 0 Å². The van der Waals surface area contributed by atoms with E-state index in [1.807, 2.05) is 0 Å². The highest BCUT2D eigenvalue weighted by atomic mass is 16.5. The summed E-state index contributed by atoms with van der Waals surface area (Å²) in [6, 6.07) is 0. The smallest absolute Gasteiger partial charge is 0.0930 e. The average molecular weight is 566 g/mol. The molecule has 3 heteroatoms. The van der Waals surface area contributed by atoms with Gasteiger partial charge in [-0.25, -0.2) is 0 Å². The summed E-state index contributed by atoms with van der Waals surface area (Å²) in [4.78, 5) is 0. The molecular weight excluding hydrogens is 490 g/mol. The van der Waals surface area contributed by atoms with Crippen LogP contribution >= 0.6 is 0 Å². The molecule has 0 aromatic heterocycles. The molecule has 240 valence electrons. The summed E-state index contributed by atoms with van der Waals surface area (Å²) in [5.41, 5.74) is 5.90. The quantitative estimate of drug-likeness (QED) is 0.0614. The third kappa shape index (κ3) is 33.8. The first-order valence-corrected chi connectivity index (χ1v) is 18.4. The Morgan fingerprint density at radius 2 is 0.800 bits per heavy atom. The number of nitrogens with two attached hydrogens (primary N) is 1. The van der Waals surface area contributed by atoms with E-state index in [1.165, 1.54) is 173 Å².